The normalized spacial score (nSPS) is 16.8. The third-order valence-electron chi connectivity index (χ3n) is 4.90. The van der Waals surface area contributed by atoms with Crippen LogP contribution in [-0.2, 0) is 0 Å². The average molecular weight is 398 g/mol. The Morgan fingerprint density at radius 3 is 2.93 bits per heavy atom. The Kier molecular flexibility index (Phi) is 5.30. The Balaban J connectivity index is 1.50. The number of methoxy groups -OCH3 is 1. The van der Waals surface area contributed by atoms with Gasteiger partial charge in [0, 0.05) is 29.2 Å². The molecule has 1 amide bonds. The van der Waals surface area contributed by atoms with Crippen LogP contribution in [0.15, 0.2) is 53.1 Å². The minimum Gasteiger partial charge on any atom is -0.497 e. The Morgan fingerprint density at radius 2 is 2.11 bits per heavy atom. The van der Waals surface area contributed by atoms with Gasteiger partial charge in [0.15, 0.2) is 0 Å². The van der Waals surface area contributed by atoms with Gasteiger partial charge >= 0.3 is 0 Å². The second kappa shape index (κ2) is 8.02. The predicted molar refractivity (Wildman–Crippen MR) is 106 cm³/mol. The molecule has 1 fully saturated rings. The number of benzene rings is 2. The monoisotopic (exact) mass is 397 g/mol. The summed E-state index contributed by atoms with van der Waals surface area (Å²) in [5.41, 5.74) is 1.42. The SMILES string of the molecule is COc1cccc(C(=O)N2CCCC(c3nc(-c4cccc(Cl)c4)no3)C2)c1. The molecule has 7 heteroatoms. The molecule has 3 aromatic rings. The minimum absolute atomic E-state index is 0.0156. The summed E-state index contributed by atoms with van der Waals surface area (Å²) >= 11 is 6.04. The first-order chi connectivity index (χ1) is 13.6. The van der Waals surface area contributed by atoms with Crippen molar-refractivity contribution in [3.63, 3.8) is 0 Å². The maximum atomic E-state index is 12.9. The van der Waals surface area contributed by atoms with Crippen LogP contribution in [0.2, 0.25) is 5.02 Å². The van der Waals surface area contributed by atoms with Crippen LogP contribution in [0.1, 0.15) is 35.0 Å². The Hall–Kier alpha value is -2.86. The van der Waals surface area contributed by atoms with Crippen molar-refractivity contribution in [2.24, 2.45) is 0 Å². The number of carbonyl (C=O) groups excluding carboxylic acids is 1. The van der Waals surface area contributed by atoms with Crippen LogP contribution in [-0.4, -0.2) is 41.1 Å². The largest absolute Gasteiger partial charge is 0.497 e. The van der Waals surface area contributed by atoms with Crippen LogP contribution in [0.4, 0.5) is 0 Å². The molecule has 28 heavy (non-hydrogen) atoms. The number of rotatable bonds is 4. The summed E-state index contributed by atoms with van der Waals surface area (Å²) in [5, 5.41) is 4.71. The molecule has 2 aromatic carbocycles. The van der Waals surface area contributed by atoms with Crippen LogP contribution in [0.5, 0.6) is 5.75 Å². The molecule has 0 aliphatic carbocycles. The summed E-state index contributed by atoms with van der Waals surface area (Å²) in [4.78, 5) is 19.3. The van der Waals surface area contributed by atoms with E-state index in [1.54, 1.807) is 31.4 Å². The molecule has 144 valence electrons. The number of amides is 1. The molecule has 0 saturated carbocycles. The Bertz CT molecular complexity index is 988. The van der Waals surface area contributed by atoms with Gasteiger partial charge in [0.05, 0.1) is 13.0 Å². The Labute approximate surface area is 168 Å². The average Bonchev–Trinajstić information content (AvgIpc) is 3.24. The third-order valence-corrected chi connectivity index (χ3v) is 5.13. The molecular formula is C21H20ClN3O3. The van der Waals surface area contributed by atoms with Crippen LogP contribution < -0.4 is 4.74 Å². The number of hydrogen-bond donors (Lipinski definition) is 0. The van der Waals surface area contributed by atoms with Crippen molar-refractivity contribution < 1.29 is 14.1 Å². The number of ether oxygens (including phenoxy) is 1. The number of carbonyl (C=O) groups is 1. The van der Waals surface area contributed by atoms with Gasteiger partial charge in [-0.25, -0.2) is 0 Å². The van der Waals surface area contributed by atoms with Crippen molar-refractivity contribution in [2.45, 2.75) is 18.8 Å². The van der Waals surface area contributed by atoms with Gasteiger partial charge < -0.3 is 14.2 Å². The maximum Gasteiger partial charge on any atom is 0.254 e. The summed E-state index contributed by atoms with van der Waals surface area (Å²) in [5.74, 6) is 1.73. The predicted octanol–water partition coefficient (Wildman–Crippen LogP) is 4.42. The van der Waals surface area contributed by atoms with Crippen LogP contribution in [0, 0.1) is 0 Å². The molecule has 6 nitrogen and oxygen atoms in total. The van der Waals surface area contributed by atoms with Gasteiger partial charge in [0.25, 0.3) is 5.91 Å². The summed E-state index contributed by atoms with van der Waals surface area (Å²) in [6, 6.07) is 14.6. The first kappa shape index (κ1) is 18.5. The van der Waals surface area contributed by atoms with Crippen LogP contribution in [0.25, 0.3) is 11.4 Å². The van der Waals surface area contributed by atoms with Gasteiger partial charge in [0.1, 0.15) is 5.75 Å². The van der Waals surface area contributed by atoms with Crippen molar-refractivity contribution in [2.75, 3.05) is 20.2 Å². The first-order valence-corrected chi connectivity index (χ1v) is 9.54. The van der Waals surface area contributed by atoms with Crippen molar-refractivity contribution >= 4 is 17.5 Å². The molecule has 0 radical (unpaired) electrons. The second-order valence-electron chi connectivity index (χ2n) is 6.79. The van der Waals surface area contributed by atoms with Gasteiger partial charge in [-0.05, 0) is 43.2 Å². The lowest BCUT2D eigenvalue weighted by Gasteiger charge is -2.31. The lowest BCUT2D eigenvalue weighted by atomic mass is 9.97. The molecule has 1 aliphatic heterocycles. The molecule has 0 spiro atoms. The van der Waals surface area contributed by atoms with E-state index in [1.165, 1.54) is 0 Å². The number of piperidine rings is 1. The van der Waals surface area contributed by atoms with E-state index in [0.29, 0.717) is 41.1 Å². The smallest absolute Gasteiger partial charge is 0.254 e. The molecule has 1 saturated heterocycles. The number of likely N-dealkylation sites (tertiary alicyclic amines) is 1. The van der Waals surface area contributed by atoms with E-state index in [2.05, 4.69) is 10.1 Å². The zero-order chi connectivity index (χ0) is 19.5. The first-order valence-electron chi connectivity index (χ1n) is 9.17. The fourth-order valence-corrected chi connectivity index (χ4v) is 3.64. The van der Waals surface area contributed by atoms with E-state index < -0.39 is 0 Å². The zero-order valence-corrected chi connectivity index (χ0v) is 16.2. The molecule has 1 aromatic heterocycles. The minimum atomic E-state index is -0.0156. The molecular weight excluding hydrogens is 378 g/mol. The van der Waals surface area contributed by atoms with Crippen LogP contribution in [0.3, 0.4) is 0 Å². The highest BCUT2D eigenvalue weighted by atomic mass is 35.5. The molecule has 4 rings (SSSR count). The zero-order valence-electron chi connectivity index (χ0n) is 15.5. The number of hydrogen-bond acceptors (Lipinski definition) is 5. The van der Waals surface area contributed by atoms with E-state index in [0.717, 1.165) is 18.4 Å². The van der Waals surface area contributed by atoms with Crippen molar-refractivity contribution in [3.05, 3.63) is 65.0 Å². The summed E-state index contributed by atoms with van der Waals surface area (Å²) < 4.78 is 10.7. The topological polar surface area (TPSA) is 68.5 Å². The molecule has 2 heterocycles. The standard InChI is InChI=1S/C21H20ClN3O3/c1-27-18-9-3-6-15(12-18)21(26)25-10-4-7-16(13-25)20-23-19(24-28-20)14-5-2-8-17(22)11-14/h2-3,5-6,8-9,11-12,16H,4,7,10,13H2,1H3. The van der Waals surface area contributed by atoms with E-state index in [1.807, 2.05) is 29.2 Å². The fraction of sp³-hybridized carbons (Fsp3) is 0.286. The highest BCUT2D eigenvalue weighted by Crippen LogP contribution is 2.29. The number of aromatic nitrogens is 2. The summed E-state index contributed by atoms with van der Waals surface area (Å²) in [6.07, 6.45) is 1.79. The molecule has 1 aliphatic rings. The van der Waals surface area contributed by atoms with Crippen molar-refractivity contribution in [3.8, 4) is 17.1 Å². The quantitative estimate of drug-likeness (QED) is 0.651. The van der Waals surface area contributed by atoms with E-state index >= 15 is 0 Å². The van der Waals surface area contributed by atoms with Gasteiger partial charge in [0.2, 0.25) is 11.7 Å². The van der Waals surface area contributed by atoms with Crippen LogP contribution >= 0.6 is 11.6 Å². The highest BCUT2D eigenvalue weighted by molar-refractivity contribution is 6.30. The lowest BCUT2D eigenvalue weighted by molar-refractivity contribution is 0.0695. The number of halogens is 1. The molecule has 0 N–H and O–H groups in total. The lowest BCUT2D eigenvalue weighted by Crippen LogP contribution is -2.39. The third kappa shape index (κ3) is 3.87. The van der Waals surface area contributed by atoms with Gasteiger partial charge in [-0.2, -0.15) is 4.98 Å². The molecule has 1 atom stereocenters. The second-order valence-corrected chi connectivity index (χ2v) is 7.23. The van der Waals surface area contributed by atoms with Gasteiger partial charge in [-0.1, -0.05) is 35.0 Å². The summed E-state index contributed by atoms with van der Waals surface area (Å²) in [7, 11) is 1.59. The van der Waals surface area contributed by atoms with Crippen molar-refractivity contribution in [1.29, 1.82) is 0 Å². The molecule has 1 unspecified atom stereocenters. The fourth-order valence-electron chi connectivity index (χ4n) is 3.45. The maximum absolute atomic E-state index is 12.9. The molecule has 0 bridgehead atoms. The number of nitrogens with zero attached hydrogens (tertiary/aromatic N) is 3. The van der Waals surface area contributed by atoms with Gasteiger partial charge in [-0.3, -0.25) is 4.79 Å². The van der Waals surface area contributed by atoms with E-state index in [-0.39, 0.29) is 11.8 Å². The van der Waals surface area contributed by atoms with Crippen molar-refractivity contribution in [1.82, 2.24) is 15.0 Å². The highest BCUT2D eigenvalue weighted by Gasteiger charge is 2.29. The Morgan fingerprint density at radius 1 is 1.25 bits per heavy atom. The van der Waals surface area contributed by atoms with E-state index in [4.69, 9.17) is 20.9 Å². The summed E-state index contributed by atoms with van der Waals surface area (Å²) in [6.45, 7) is 1.26. The van der Waals surface area contributed by atoms with E-state index in [9.17, 15) is 4.79 Å². The van der Waals surface area contributed by atoms with Gasteiger partial charge in [-0.15, -0.1) is 0 Å².